The van der Waals surface area contributed by atoms with Gasteiger partial charge in [-0.2, -0.15) is 0 Å². The van der Waals surface area contributed by atoms with Gasteiger partial charge in [0.05, 0.1) is 0 Å². The first-order chi connectivity index (χ1) is 10.1. The van der Waals surface area contributed by atoms with Gasteiger partial charge in [0.1, 0.15) is 5.41 Å². The molecule has 0 aromatic carbocycles. The number of oxime groups is 1. The second kappa shape index (κ2) is 7.11. The van der Waals surface area contributed by atoms with E-state index in [1.54, 1.807) is 0 Å². The molecule has 1 aliphatic heterocycles. The second-order valence-corrected chi connectivity index (χ2v) is 6.40. The smallest absolute Gasteiger partial charge is 0.236 e. The fourth-order valence-corrected chi connectivity index (χ4v) is 3.80. The number of piperidine rings is 1. The van der Waals surface area contributed by atoms with Gasteiger partial charge in [-0.25, -0.2) is 0 Å². The quantitative estimate of drug-likeness (QED) is 0.315. The summed E-state index contributed by atoms with van der Waals surface area (Å²) in [5.74, 6) is 0.442. The molecule has 1 unspecified atom stereocenters. The third-order valence-corrected chi connectivity index (χ3v) is 5.06. The molecule has 0 spiro atoms. The molecule has 21 heavy (non-hydrogen) atoms. The van der Waals surface area contributed by atoms with Gasteiger partial charge in [0.15, 0.2) is 5.84 Å². The monoisotopic (exact) mass is 297 g/mol. The fourth-order valence-electron chi connectivity index (χ4n) is 3.80. The zero-order chi connectivity index (χ0) is 15.3. The molecule has 1 saturated heterocycles. The van der Waals surface area contributed by atoms with E-state index in [0.29, 0.717) is 25.3 Å². The Bertz CT molecular complexity index is 390. The maximum Gasteiger partial charge on any atom is 0.236 e. The number of nitrogens with two attached hydrogens (primary N) is 1. The summed E-state index contributed by atoms with van der Waals surface area (Å²) in [4.78, 5) is 14.9. The second-order valence-electron chi connectivity index (χ2n) is 6.40. The van der Waals surface area contributed by atoms with Crippen LogP contribution in [0.25, 0.3) is 0 Å². The number of hydrogen-bond acceptors (Lipinski definition) is 4. The molecule has 120 valence electrons. The first-order valence-corrected chi connectivity index (χ1v) is 8.02. The summed E-state index contributed by atoms with van der Waals surface area (Å²) < 4.78 is 0. The highest BCUT2D eigenvalue weighted by molar-refractivity contribution is 6.06. The van der Waals surface area contributed by atoms with E-state index < -0.39 is 5.41 Å². The third kappa shape index (κ3) is 3.31. The minimum absolute atomic E-state index is 0.0140. The number of carbonyl (C=O) groups is 1. The molecule has 1 saturated carbocycles. The maximum atomic E-state index is 13.0. The van der Waals surface area contributed by atoms with E-state index in [-0.39, 0.29) is 18.3 Å². The summed E-state index contributed by atoms with van der Waals surface area (Å²) in [6, 6.07) is 0. The summed E-state index contributed by atoms with van der Waals surface area (Å²) in [7, 11) is 0. The van der Waals surface area contributed by atoms with Crippen molar-refractivity contribution < 1.29 is 15.1 Å². The van der Waals surface area contributed by atoms with Crippen LogP contribution in [-0.4, -0.2) is 46.7 Å². The fraction of sp³-hybridized carbons (Fsp3) is 0.867. The number of amidine groups is 1. The predicted molar refractivity (Wildman–Crippen MR) is 79.9 cm³/mol. The number of likely N-dealkylation sites (tertiary alicyclic amines) is 1. The molecule has 2 rings (SSSR count). The molecule has 6 nitrogen and oxygen atoms in total. The van der Waals surface area contributed by atoms with Gasteiger partial charge in [0.2, 0.25) is 5.91 Å². The Labute approximate surface area is 126 Å². The molecule has 0 aromatic heterocycles. The summed E-state index contributed by atoms with van der Waals surface area (Å²) >= 11 is 0. The number of aliphatic hydroxyl groups excluding tert-OH is 1. The highest BCUT2D eigenvalue weighted by Gasteiger charge is 2.46. The Kier molecular flexibility index (Phi) is 5.45. The summed E-state index contributed by atoms with van der Waals surface area (Å²) in [6.45, 7) is 1.58. The first-order valence-electron chi connectivity index (χ1n) is 8.02. The van der Waals surface area contributed by atoms with E-state index in [0.717, 1.165) is 45.1 Å². The zero-order valence-corrected chi connectivity index (χ0v) is 12.6. The number of hydrogen-bond donors (Lipinski definition) is 3. The van der Waals surface area contributed by atoms with Gasteiger partial charge < -0.3 is 20.9 Å². The minimum atomic E-state index is -0.811. The molecular formula is C15H27N3O3. The SMILES string of the molecule is NC(=NO)C1(C(=O)N2CCCC(CCO)C2)CCCCC1. The highest BCUT2D eigenvalue weighted by Crippen LogP contribution is 2.39. The Hall–Kier alpha value is -1.30. The van der Waals surface area contributed by atoms with Crippen LogP contribution in [-0.2, 0) is 4.79 Å². The molecule has 0 radical (unpaired) electrons. The molecule has 1 heterocycles. The van der Waals surface area contributed by atoms with Gasteiger partial charge in [-0.1, -0.05) is 24.4 Å². The Morgan fingerprint density at radius 3 is 2.62 bits per heavy atom. The predicted octanol–water partition coefficient (Wildman–Crippen LogP) is 1.30. The van der Waals surface area contributed by atoms with E-state index in [1.165, 1.54) is 0 Å². The van der Waals surface area contributed by atoms with Gasteiger partial charge in [-0.15, -0.1) is 0 Å². The standard InChI is InChI=1S/C15H27N3O3/c16-13(17-21)15(7-2-1-3-8-15)14(20)18-9-4-5-12(11-18)6-10-19/h12,19,21H,1-11H2,(H2,16,17). The normalized spacial score (nSPS) is 26.6. The molecule has 6 heteroatoms. The van der Waals surface area contributed by atoms with Crippen LogP contribution in [0.3, 0.4) is 0 Å². The van der Waals surface area contributed by atoms with Gasteiger partial charge in [0.25, 0.3) is 0 Å². The lowest BCUT2D eigenvalue weighted by Gasteiger charge is -2.41. The van der Waals surface area contributed by atoms with Crippen LogP contribution in [0.1, 0.15) is 51.4 Å². The van der Waals surface area contributed by atoms with E-state index in [4.69, 9.17) is 16.0 Å². The Balaban J connectivity index is 2.14. The van der Waals surface area contributed by atoms with Crippen molar-refractivity contribution >= 4 is 11.7 Å². The molecule has 1 amide bonds. The molecular weight excluding hydrogens is 270 g/mol. The summed E-state index contributed by atoms with van der Waals surface area (Å²) in [5.41, 5.74) is 5.08. The number of carbonyl (C=O) groups excluding carboxylic acids is 1. The van der Waals surface area contributed by atoms with E-state index in [1.807, 2.05) is 4.90 Å². The summed E-state index contributed by atoms with van der Waals surface area (Å²) in [6.07, 6.45) is 7.07. The lowest BCUT2D eigenvalue weighted by molar-refractivity contribution is -0.142. The lowest BCUT2D eigenvalue weighted by atomic mass is 9.71. The van der Waals surface area contributed by atoms with Crippen molar-refractivity contribution in [3.8, 4) is 0 Å². The molecule has 1 aliphatic carbocycles. The van der Waals surface area contributed by atoms with Crippen molar-refractivity contribution in [1.82, 2.24) is 4.90 Å². The van der Waals surface area contributed by atoms with Crippen LogP contribution < -0.4 is 5.73 Å². The zero-order valence-electron chi connectivity index (χ0n) is 12.6. The molecule has 2 fully saturated rings. The number of amides is 1. The maximum absolute atomic E-state index is 13.0. The lowest BCUT2D eigenvalue weighted by Crippen LogP contribution is -2.54. The van der Waals surface area contributed by atoms with E-state index in [9.17, 15) is 4.79 Å². The van der Waals surface area contributed by atoms with Crippen LogP contribution in [0, 0.1) is 11.3 Å². The van der Waals surface area contributed by atoms with Crippen LogP contribution in [0.5, 0.6) is 0 Å². The molecule has 1 atom stereocenters. The highest BCUT2D eigenvalue weighted by atomic mass is 16.4. The van der Waals surface area contributed by atoms with Gasteiger partial charge in [-0.3, -0.25) is 4.79 Å². The van der Waals surface area contributed by atoms with Crippen LogP contribution in [0.2, 0.25) is 0 Å². The summed E-state index contributed by atoms with van der Waals surface area (Å²) in [5, 5.41) is 21.4. The van der Waals surface area contributed by atoms with Crippen LogP contribution >= 0.6 is 0 Å². The van der Waals surface area contributed by atoms with Gasteiger partial charge in [0, 0.05) is 19.7 Å². The van der Waals surface area contributed by atoms with E-state index in [2.05, 4.69) is 5.16 Å². The number of aliphatic hydroxyl groups is 1. The van der Waals surface area contributed by atoms with Crippen molar-refractivity contribution in [2.45, 2.75) is 51.4 Å². The van der Waals surface area contributed by atoms with Gasteiger partial charge >= 0.3 is 0 Å². The average Bonchev–Trinajstić information content (AvgIpc) is 2.54. The topological polar surface area (TPSA) is 99.2 Å². The molecule has 4 N–H and O–H groups in total. The first kappa shape index (κ1) is 16.1. The van der Waals surface area contributed by atoms with Crippen molar-refractivity contribution in [2.24, 2.45) is 22.2 Å². The van der Waals surface area contributed by atoms with Crippen molar-refractivity contribution in [3.63, 3.8) is 0 Å². The van der Waals surface area contributed by atoms with Crippen molar-refractivity contribution in [3.05, 3.63) is 0 Å². The number of nitrogens with zero attached hydrogens (tertiary/aromatic N) is 2. The molecule has 0 aromatic rings. The van der Waals surface area contributed by atoms with Gasteiger partial charge in [-0.05, 0) is 38.0 Å². The largest absolute Gasteiger partial charge is 0.409 e. The van der Waals surface area contributed by atoms with Crippen molar-refractivity contribution in [2.75, 3.05) is 19.7 Å². The third-order valence-electron chi connectivity index (χ3n) is 5.06. The molecule has 2 aliphatic rings. The Morgan fingerprint density at radius 1 is 1.29 bits per heavy atom. The van der Waals surface area contributed by atoms with Crippen molar-refractivity contribution in [1.29, 1.82) is 0 Å². The van der Waals surface area contributed by atoms with Crippen LogP contribution in [0.4, 0.5) is 0 Å². The minimum Gasteiger partial charge on any atom is -0.409 e. The molecule has 0 bridgehead atoms. The Morgan fingerprint density at radius 2 is 2.00 bits per heavy atom. The van der Waals surface area contributed by atoms with Crippen LogP contribution in [0.15, 0.2) is 5.16 Å². The average molecular weight is 297 g/mol. The number of rotatable bonds is 4. The van der Waals surface area contributed by atoms with E-state index >= 15 is 0 Å².